The van der Waals surface area contributed by atoms with E-state index in [1.54, 1.807) is 14.2 Å². The first-order valence-electron chi connectivity index (χ1n) is 10.1. The van der Waals surface area contributed by atoms with E-state index in [1.807, 2.05) is 18.2 Å². The second kappa shape index (κ2) is 9.58. The van der Waals surface area contributed by atoms with Crippen LogP contribution in [0.15, 0.2) is 18.2 Å². The van der Waals surface area contributed by atoms with Gasteiger partial charge >= 0.3 is 0 Å². The minimum absolute atomic E-state index is 0.264. The maximum Gasteiger partial charge on any atom is 0.127 e. The van der Waals surface area contributed by atoms with Crippen molar-refractivity contribution in [1.29, 1.82) is 0 Å². The second-order valence-electron chi connectivity index (χ2n) is 7.57. The van der Waals surface area contributed by atoms with Gasteiger partial charge in [-0.05, 0) is 31.4 Å². The van der Waals surface area contributed by atoms with Crippen LogP contribution in [0.2, 0.25) is 0 Å². The Morgan fingerprint density at radius 3 is 2.35 bits per heavy atom. The molecule has 5 heteroatoms. The lowest BCUT2D eigenvalue weighted by Gasteiger charge is -2.46. The normalized spacial score (nSPS) is 23.1. The summed E-state index contributed by atoms with van der Waals surface area (Å²) in [7, 11) is 3.43. The zero-order chi connectivity index (χ0) is 18.4. The molecular formula is C21H34N2O3. The fourth-order valence-electron chi connectivity index (χ4n) is 4.68. The number of piperazine rings is 1. The van der Waals surface area contributed by atoms with Crippen LogP contribution in [-0.4, -0.2) is 67.5 Å². The molecule has 1 aliphatic carbocycles. The largest absolute Gasteiger partial charge is 0.496 e. The third-order valence-electron chi connectivity index (χ3n) is 6.03. The molecule has 0 unspecified atom stereocenters. The molecular weight excluding hydrogens is 328 g/mol. The van der Waals surface area contributed by atoms with Crippen LogP contribution in [0.4, 0.5) is 0 Å². The summed E-state index contributed by atoms with van der Waals surface area (Å²) in [6.45, 7) is 4.23. The molecule has 1 N–H and O–H groups in total. The summed E-state index contributed by atoms with van der Waals surface area (Å²) in [6, 6.07) is 7.13. The summed E-state index contributed by atoms with van der Waals surface area (Å²) >= 11 is 0. The molecule has 3 rings (SSSR count). The minimum atomic E-state index is 0.264. The van der Waals surface area contributed by atoms with Gasteiger partial charge in [-0.1, -0.05) is 25.3 Å². The number of nitrogens with zero attached hydrogens (tertiary/aromatic N) is 2. The van der Waals surface area contributed by atoms with Gasteiger partial charge in [0, 0.05) is 44.9 Å². The predicted molar refractivity (Wildman–Crippen MR) is 104 cm³/mol. The van der Waals surface area contributed by atoms with Crippen molar-refractivity contribution < 1.29 is 14.6 Å². The monoisotopic (exact) mass is 362 g/mol. The fraction of sp³-hybridized carbons (Fsp3) is 0.714. The van der Waals surface area contributed by atoms with Crippen LogP contribution in [0, 0.1) is 0 Å². The van der Waals surface area contributed by atoms with Gasteiger partial charge in [-0.25, -0.2) is 0 Å². The molecule has 1 aromatic rings. The maximum atomic E-state index is 9.59. The van der Waals surface area contributed by atoms with Gasteiger partial charge in [0.15, 0.2) is 0 Å². The van der Waals surface area contributed by atoms with Crippen LogP contribution >= 0.6 is 0 Å². The Labute approximate surface area is 157 Å². The molecule has 0 spiro atoms. The van der Waals surface area contributed by atoms with Gasteiger partial charge in [0.05, 0.1) is 19.8 Å². The van der Waals surface area contributed by atoms with Gasteiger partial charge in [0.1, 0.15) is 11.5 Å². The van der Waals surface area contributed by atoms with Crippen molar-refractivity contribution in [2.45, 2.75) is 57.2 Å². The molecule has 0 amide bonds. The SMILES string of the molecule is COc1cccc(OC)c1CN1CCN(C2CCCCC2)[C@@H](CCO)C1. The average Bonchev–Trinajstić information content (AvgIpc) is 2.69. The summed E-state index contributed by atoms with van der Waals surface area (Å²) < 4.78 is 11.1. The fourth-order valence-corrected chi connectivity index (χ4v) is 4.68. The van der Waals surface area contributed by atoms with Crippen molar-refractivity contribution in [1.82, 2.24) is 9.80 Å². The number of aliphatic hydroxyl groups is 1. The van der Waals surface area contributed by atoms with E-state index in [-0.39, 0.29) is 6.61 Å². The zero-order valence-corrected chi connectivity index (χ0v) is 16.3. The first-order chi connectivity index (χ1) is 12.8. The van der Waals surface area contributed by atoms with Gasteiger partial charge in [0.2, 0.25) is 0 Å². The maximum absolute atomic E-state index is 9.59. The number of ether oxygens (including phenoxy) is 2. The molecule has 0 bridgehead atoms. The van der Waals surface area contributed by atoms with E-state index in [2.05, 4.69) is 9.80 Å². The molecule has 5 nitrogen and oxygen atoms in total. The smallest absolute Gasteiger partial charge is 0.127 e. The third-order valence-corrected chi connectivity index (χ3v) is 6.03. The van der Waals surface area contributed by atoms with Crippen molar-refractivity contribution in [3.63, 3.8) is 0 Å². The molecule has 0 aromatic heterocycles. The molecule has 1 saturated heterocycles. The van der Waals surface area contributed by atoms with Gasteiger partial charge in [-0.2, -0.15) is 0 Å². The van der Waals surface area contributed by atoms with Crippen LogP contribution in [0.3, 0.4) is 0 Å². The van der Waals surface area contributed by atoms with E-state index in [0.29, 0.717) is 12.1 Å². The second-order valence-corrected chi connectivity index (χ2v) is 7.57. The highest BCUT2D eigenvalue weighted by Crippen LogP contribution is 2.32. The molecule has 1 aliphatic heterocycles. The number of rotatable bonds is 7. The van der Waals surface area contributed by atoms with Crippen molar-refractivity contribution in [2.24, 2.45) is 0 Å². The number of hydrogen-bond donors (Lipinski definition) is 1. The molecule has 2 fully saturated rings. The minimum Gasteiger partial charge on any atom is -0.496 e. The Hall–Kier alpha value is -1.30. The quantitative estimate of drug-likeness (QED) is 0.808. The van der Waals surface area contributed by atoms with E-state index in [1.165, 1.54) is 32.1 Å². The number of hydrogen-bond acceptors (Lipinski definition) is 5. The number of benzene rings is 1. The lowest BCUT2D eigenvalue weighted by molar-refractivity contribution is 0.0132. The van der Waals surface area contributed by atoms with Crippen molar-refractivity contribution in [3.8, 4) is 11.5 Å². The predicted octanol–water partition coefficient (Wildman–Crippen LogP) is 2.91. The highest BCUT2D eigenvalue weighted by Gasteiger charge is 2.32. The highest BCUT2D eigenvalue weighted by molar-refractivity contribution is 5.44. The Morgan fingerprint density at radius 2 is 1.73 bits per heavy atom. The highest BCUT2D eigenvalue weighted by atomic mass is 16.5. The summed E-state index contributed by atoms with van der Waals surface area (Å²) in [5, 5.41) is 9.59. The third kappa shape index (κ3) is 4.51. The van der Waals surface area contributed by atoms with Gasteiger partial charge in [-0.3, -0.25) is 9.80 Å². The lowest BCUT2D eigenvalue weighted by Crippen LogP contribution is -2.56. The van der Waals surface area contributed by atoms with Crippen molar-refractivity contribution >= 4 is 0 Å². The van der Waals surface area contributed by atoms with E-state index in [0.717, 1.165) is 49.7 Å². The Kier molecular flexibility index (Phi) is 7.17. The lowest BCUT2D eigenvalue weighted by atomic mass is 9.91. The van der Waals surface area contributed by atoms with E-state index < -0.39 is 0 Å². The molecule has 1 saturated carbocycles. The summed E-state index contributed by atoms with van der Waals surface area (Å²) in [5.74, 6) is 1.77. The van der Waals surface area contributed by atoms with Crippen LogP contribution < -0.4 is 9.47 Å². The molecule has 1 atom stereocenters. The van der Waals surface area contributed by atoms with Gasteiger partial charge in [-0.15, -0.1) is 0 Å². The number of aliphatic hydroxyl groups excluding tert-OH is 1. The molecule has 26 heavy (non-hydrogen) atoms. The van der Waals surface area contributed by atoms with Crippen molar-refractivity contribution in [3.05, 3.63) is 23.8 Å². The Morgan fingerprint density at radius 1 is 1.04 bits per heavy atom. The zero-order valence-electron chi connectivity index (χ0n) is 16.3. The topological polar surface area (TPSA) is 45.2 Å². The van der Waals surface area contributed by atoms with Gasteiger partial charge < -0.3 is 14.6 Å². The summed E-state index contributed by atoms with van der Waals surface area (Å²) in [4.78, 5) is 5.17. The standard InChI is InChI=1S/C21H34N2O3/c1-25-20-9-6-10-21(26-2)19(20)16-22-12-13-23(18(15-22)11-14-24)17-7-4-3-5-8-17/h6,9-10,17-18,24H,3-5,7-8,11-16H2,1-2H3/t18-/m0/s1. The Balaban J connectivity index is 1.69. The summed E-state index contributed by atoms with van der Waals surface area (Å²) in [5.41, 5.74) is 1.12. The molecule has 1 heterocycles. The van der Waals surface area contributed by atoms with Crippen LogP contribution in [-0.2, 0) is 6.54 Å². The van der Waals surface area contributed by atoms with E-state index in [4.69, 9.17) is 9.47 Å². The first-order valence-corrected chi connectivity index (χ1v) is 10.1. The molecule has 146 valence electrons. The first kappa shape index (κ1) is 19.5. The van der Waals surface area contributed by atoms with Crippen LogP contribution in [0.5, 0.6) is 11.5 Å². The molecule has 1 aromatic carbocycles. The number of methoxy groups -OCH3 is 2. The van der Waals surface area contributed by atoms with Gasteiger partial charge in [0.25, 0.3) is 0 Å². The van der Waals surface area contributed by atoms with Crippen LogP contribution in [0.25, 0.3) is 0 Å². The average molecular weight is 363 g/mol. The van der Waals surface area contributed by atoms with Crippen molar-refractivity contribution in [2.75, 3.05) is 40.5 Å². The van der Waals surface area contributed by atoms with E-state index >= 15 is 0 Å². The molecule has 2 aliphatic rings. The summed E-state index contributed by atoms with van der Waals surface area (Å²) in [6.07, 6.45) is 7.60. The van der Waals surface area contributed by atoms with Crippen LogP contribution in [0.1, 0.15) is 44.1 Å². The molecule has 0 radical (unpaired) electrons. The Bertz CT molecular complexity index is 538. The van der Waals surface area contributed by atoms with E-state index in [9.17, 15) is 5.11 Å².